The van der Waals surface area contributed by atoms with Crippen molar-refractivity contribution < 1.29 is 4.79 Å². The molecule has 0 atom stereocenters. The van der Waals surface area contributed by atoms with E-state index in [9.17, 15) is 10.1 Å². The molecule has 0 fully saturated rings. The number of nitriles is 1. The third-order valence-electron chi connectivity index (χ3n) is 5.21. The molecule has 0 radical (unpaired) electrons. The Bertz CT molecular complexity index is 1370. The van der Waals surface area contributed by atoms with Crippen LogP contribution in [-0.2, 0) is 11.2 Å². The maximum atomic E-state index is 12.6. The van der Waals surface area contributed by atoms with Gasteiger partial charge in [-0.15, -0.1) is 11.3 Å². The molecule has 4 aromatic rings. The molecule has 0 aliphatic heterocycles. The predicted octanol–water partition coefficient (Wildman–Crippen LogP) is 5.01. The first-order chi connectivity index (χ1) is 15.4. The molecule has 0 spiro atoms. The molecule has 1 aromatic carbocycles. The molecule has 0 saturated carbocycles. The topological polar surface area (TPSA) is 96.0 Å². The Morgan fingerprint density at radius 2 is 2.06 bits per heavy atom. The Kier molecular flexibility index (Phi) is 6.26. The highest BCUT2D eigenvalue weighted by Crippen LogP contribution is 2.32. The second-order valence-corrected chi connectivity index (χ2v) is 9.73. The van der Waals surface area contributed by atoms with E-state index in [1.807, 2.05) is 45.2 Å². The van der Waals surface area contributed by atoms with Crippen LogP contribution < -0.4 is 5.32 Å². The van der Waals surface area contributed by atoms with Crippen LogP contribution in [0, 0.1) is 39.0 Å². The van der Waals surface area contributed by atoms with Gasteiger partial charge >= 0.3 is 0 Å². The average molecular weight is 463 g/mol. The summed E-state index contributed by atoms with van der Waals surface area (Å²) < 4.78 is 2.68. The number of hydrogen-bond acceptors (Lipinski definition) is 7. The number of thiazole rings is 1. The van der Waals surface area contributed by atoms with Crippen molar-refractivity contribution in [2.45, 2.75) is 49.8 Å². The molecule has 0 unspecified atom stereocenters. The number of benzene rings is 1. The van der Waals surface area contributed by atoms with Gasteiger partial charge in [0.25, 0.3) is 0 Å². The van der Waals surface area contributed by atoms with E-state index in [0.717, 1.165) is 43.1 Å². The van der Waals surface area contributed by atoms with Crippen LogP contribution in [0.25, 0.3) is 5.65 Å². The van der Waals surface area contributed by atoms with Crippen LogP contribution in [0.4, 0.5) is 5.69 Å². The number of amides is 1. The summed E-state index contributed by atoms with van der Waals surface area (Å²) in [6, 6.07) is 8.11. The Balaban J connectivity index is 1.42. The number of aryl methyl sites for hydroxylation is 4. The van der Waals surface area contributed by atoms with Gasteiger partial charge < -0.3 is 5.32 Å². The van der Waals surface area contributed by atoms with Crippen LogP contribution in [0.15, 0.2) is 39.0 Å². The zero-order valence-corrected chi connectivity index (χ0v) is 19.9. The Hall–Kier alpha value is -3.22. The number of nitrogens with one attached hydrogen (secondary N) is 1. The number of nitrogens with zero attached hydrogens (tertiary/aromatic N) is 5. The summed E-state index contributed by atoms with van der Waals surface area (Å²) in [7, 11) is 0. The van der Waals surface area contributed by atoms with Crippen LogP contribution in [0.3, 0.4) is 0 Å². The van der Waals surface area contributed by atoms with E-state index < -0.39 is 0 Å². The summed E-state index contributed by atoms with van der Waals surface area (Å²) >= 11 is 3.25. The maximum Gasteiger partial charge on any atom is 0.224 e. The SMILES string of the molecule is Cc1csc(Sc2ccc(NC(=O)CCc3c(C)nc4c(C#N)cnn4c3C)c(C)c2)n1. The molecule has 0 aliphatic carbocycles. The van der Waals surface area contributed by atoms with Gasteiger partial charge in [-0.3, -0.25) is 4.79 Å². The first-order valence-electron chi connectivity index (χ1n) is 10.1. The number of carbonyl (C=O) groups is 1. The lowest BCUT2D eigenvalue weighted by Gasteiger charge is -2.12. The van der Waals surface area contributed by atoms with E-state index in [4.69, 9.17) is 0 Å². The minimum atomic E-state index is -0.0545. The molecule has 0 bridgehead atoms. The van der Waals surface area contributed by atoms with E-state index in [-0.39, 0.29) is 5.91 Å². The second kappa shape index (κ2) is 9.10. The minimum absolute atomic E-state index is 0.0545. The zero-order chi connectivity index (χ0) is 22.8. The first-order valence-corrected chi connectivity index (χ1v) is 11.8. The number of anilines is 1. The highest BCUT2D eigenvalue weighted by atomic mass is 32.2. The van der Waals surface area contributed by atoms with Gasteiger partial charge in [0, 0.05) is 39.5 Å². The second-order valence-electron chi connectivity index (χ2n) is 7.55. The summed E-state index contributed by atoms with van der Waals surface area (Å²) in [6.07, 6.45) is 2.39. The number of fused-ring (bicyclic) bond motifs is 1. The molecule has 3 heterocycles. The number of hydrogen-bond donors (Lipinski definition) is 1. The van der Waals surface area contributed by atoms with Gasteiger partial charge in [-0.1, -0.05) is 11.8 Å². The standard InChI is InChI=1S/C23H22N6OS2/c1-13-9-18(32-23-26-14(2)12-31-23)5-7-20(13)28-21(30)8-6-19-15(3)27-22-17(10-24)11-25-29(22)16(19)4/h5,7,9,11-12H,6,8H2,1-4H3,(H,28,30). The molecule has 4 rings (SSSR count). The van der Waals surface area contributed by atoms with Crippen molar-refractivity contribution in [3.05, 3.63) is 63.5 Å². The van der Waals surface area contributed by atoms with Crippen molar-refractivity contribution in [3.63, 3.8) is 0 Å². The Morgan fingerprint density at radius 3 is 2.75 bits per heavy atom. The van der Waals surface area contributed by atoms with Crippen LogP contribution >= 0.6 is 23.1 Å². The lowest BCUT2D eigenvalue weighted by Crippen LogP contribution is -2.15. The van der Waals surface area contributed by atoms with Gasteiger partial charge in [0.1, 0.15) is 11.6 Å². The summed E-state index contributed by atoms with van der Waals surface area (Å²) in [5.41, 5.74) is 6.53. The highest BCUT2D eigenvalue weighted by molar-refractivity contribution is 8.01. The third-order valence-corrected chi connectivity index (χ3v) is 7.25. The maximum absolute atomic E-state index is 12.6. The minimum Gasteiger partial charge on any atom is -0.326 e. The molecule has 1 N–H and O–H groups in total. The van der Waals surface area contributed by atoms with Gasteiger partial charge in [-0.2, -0.15) is 10.4 Å². The molecular weight excluding hydrogens is 440 g/mol. The van der Waals surface area contributed by atoms with Crippen molar-refractivity contribution in [2.75, 3.05) is 5.32 Å². The van der Waals surface area contributed by atoms with Crippen LogP contribution in [0.2, 0.25) is 0 Å². The van der Waals surface area contributed by atoms with Crippen LogP contribution in [0.1, 0.15) is 40.2 Å². The highest BCUT2D eigenvalue weighted by Gasteiger charge is 2.15. The molecule has 0 aliphatic rings. The van der Waals surface area contributed by atoms with Gasteiger partial charge in [-0.05, 0) is 63.4 Å². The van der Waals surface area contributed by atoms with Gasteiger partial charge in [0.15, 0.2) is 9.99 Å². The van der Waals surface area contributed by atoms with Gasteiger partial charge in [0.05, 0.1) is 6.20 Å². The summed E-state index contributed by atoms with van der Waals surface area (Å²) in [6.45, 7) is 7.82. The number of rotatable bonds is 6. The predicted molar refractivity (Wildman–Crippen MR) is 126 cm³/mol. The zero-order valence-electron chi connectivity index (χ0n) is 18.3. The molecule has 0 saturated heterocycles. The fourth-order valence-corrected chi connectivity index (χ4v) is 5.43. The molecule has 7 nitrogen and oxygen atoms in total. The monoisotopic (exact) mass is 462 g/mol. The molecule has 162 valence electrons. The molecule has 1 amide bonds. The van der Waals surface area contributed by atoms with E-state index in [1.165, 1.54) is 6.20 Å². The van der Waals surface area contributed by atoms with Gasteiger partial charge in [-0.25, -0.2) is 14.5 Å². The summed E-state index contributed by atoms with van der Waals surface area (Å²) in [5.74, 6) is -0.0545. The number of carbonyl (C=O) groups excluding carboxylic acids is 1. The molecule has 32 heavy (non-hydrogen) atoms. The molecular formula is C23H22N6OS2. The van der Waals surface area contributed by atoms with E-state index in [1.54, 1.807) is 27.6 Å². The Labute approximate surface area is 194 Å². The summed E-state index contributed by atoms with van der Waals surface area (Å²) in [5, 5.41) is 18.5. The van der Waals surface area contributed by atoms with Crippen LogP contribution in [0.5, 0.6) is 0 Å². The first kappa shape index (κ1) is 22.0. The smallest absolute Gasteiger partial charge is 0.224 e. The molecule has 3 aromatic heterocycles. The van der Waals surface area contributed by atoms with E-state index >= 15 is 0 Å². The van der Waals surface area contributed by atoms with Crippen molar-refractivity contribution >= 4 is 40.3 Å². The largest absolute Gasteiger partial charge is 0.326 e. The lowest BCUT2D eigenvalue weighted by atomic mass is 10.1. The fraction of sp³-hybridized carbons (Fsp3) is 0.261. The number of aromatic nitrogens is 4. The van der Waals surface area contributed by atoms with Crippen molar-refractivity contribution in [1.29, 1.82) is 5.26 Å². The van der Waals surface area contributed by atoms with Crippen molar-refractivity contribution in [1.82, 2.24) is 19.6 Å². The van der Waals surface area contributed by atoms with Crippen molar-refractivity contribution in [2.24, 2.45) is 0 Å². The molecule has 9 heteroatoms. The third kappa shape index (κ3) is 4.52. The normalized spacial score (nSPS) is 11.0. The Morgan fingerprint density at radius 1 is 1.25 bits per heavy atom. The van der Waals surface area contributed by atoms with E-state index in [2.05, 4.69) is 32.5 Å². The fourth-order valence-electron chi connectivity index (χ4n) is 3.52. The lowest BCUT2D eigenvalue weighted by molar-refractivity contribution is -0.116. The van der Waals surface area contributed by atoms with E-state index in [0.29, 0.717) is 24.1 Å². The average Bonchev–Trinajstić information content (AvgIpc) is 3.35. The van der Waals surface area contributed by atoms with Crippen LogP contribution in [-0.4, -0.2) is 25.5 Å². The van der Waals surface area contributed by atoms with Gasteiger partial charge in [0.2, 0.25) is 5.91 Å². The van der Waals surface area contributed by atoms with Crippen molar-refractivity contribution in [3.8, 4) is 6.07 Å². The summed E-state index contributed by atoms with van der Waals surface area (Å²) in [4.78, 5) is 22.7. The quantitative estimate of drug-likeness (QED) is 0.432.